The standard InChI is InChI=1S/C20H18ClNS2/c1-12-17(10-19(23-12)14-6-8-22-9-7-14)15-4-3-5-16(15)18-11-20(21)24-13(18)2/h6-11H,3-5H2,1-2H3. The summed E-state index contributed by atoms with van der Waals surface area (Å²) < 4.78 is 0.890. The third-order valence-electron chi connectivity index (χ3n) is 4.64. The zero-order valence-electron chi connectivity index (χ0n) is 13.7. The van der Waals surface area contributed by atoms with Crippen molar-refractivity contribution in [2.45, 2.75) is 33.1 Å². The molecule has 0 amide bonds. The second-order valence-electron chi connectivity index (χ2n) is 6.15. The van der Waals surface area contributed by atoms with Crippen LogP contribution in [0.1, 0.15) is 40.1 Å². The quantitative estimate of drug-likeness (QED) is 0.473. The minimum Gasteiger partial charge on any atom is -0.265 e. The number of pyridine rings is 1. The maximum atomic E-state index is 6.25. The van der Waals surface area contributed by atoms with Gasteiger partial charge in [-0.25, -0.2) is 0 Å². The van der Waals surface area contributed by atoms with Crippen molar-refractivity contribution in [2.24, 2.45) is 0 Å². The number of aryl methyl sites for hydroxylation is 2. The molecule has 0 spiro atoms. The molecule has 1 aliphatic carbocycles. The van der Waals surface area contributed by atoms with Crippen molar-refractivity contribution in [3.63, 3.8) is 0 Å². The average Bonchev–Trinajstić information content (AvgIpc) is 3.26. The molecule has 3 aromatic heterocycles. The molecule has 3 heterocycles. The Hall–Kier alpha value is -1.42. The minimum atomic E-state index is 0.890. The largest absolute Gasteiger partial charge is 0.265 e. The summed E-state index contributed by atoms with van der Waals surface area (Å²) in [6.07, 6.45) is 7.28. The van der Waals surface area contributed by atoms with Crippen molar-refractivity contribution in [1.82, 2.24) is 4.98 Å². The molecule has 3 aromatic rings. The Morgan fingerprint density at radius 2 is 1.54 bits per heavy atom. The molecule has 1 nitrogen and oxygen atoms in total. The van der Waals surface area contributed by atoms with Crippen LogP contribution < -0.4 is 0 Å². The highest BCUT2D eigenvalue weighted by Crippen LogP contribution is 2.46. The van der Waals surface area contributed by atoms with Crippen LogP contribution in [0.2, 0.25) is 4.34 Å². The molecule has 4 rings (SSSR count). The summed E-state index contributed by atoms with van der Waals surface area (Å²) in [6, 6.07) is 8.68. The first-order valence-corrected chi connectivity index (χ1v) is 10.1. The maximum Gasteiger partial charge on any atom is 0.0937 e. The molecule has 0 N–H and O–H groups in total. The third kappa shape index (κ3) is 2.85. The van der Waals surface area contributed by atoms with E-state index in [-0.39, 0.29) is 0 Å². The topological polar surface area (TPSA) is 12.9 Å². The number of halogens is 1. The van der Waals surface area contributed by atoms with Gasteiger partial charge < -0.3 is 0 Å². The lowest BCUT2D eigenvalue weighted by atomic mass is 9.97. The van der Waals surface area contributed by atoms with Crippen LogP contribution in [0.3, 0.4) is 0 Å². The molecule has 0 unspecified atom stereocenters. The van der Waals surface area contributed by atoms with E-state index in [1.807, 2.05) is 23.7 Å². The highest BCUT2D eigenvalue weighted by molar-refractivity contribution is 7.16. The predicted molar refractivity (Wildman–Crippen MR) is 107 cm³/mol. The molecule has 0 aromatic carbocycles. The summed E-state index contributed by atoms with van der Waals surface area (Å²) in [5.74, 6) is 0. The average molecular weight is 372 g/mol. The summed E-state index contributed by atoms with van der Waals surface area (Å²) in [6.45, 7) is 4.42. The Morgan fingerprint density at radius 3 is 2.17 bits per heavy atom. The number of rotatable bonds is 3. The van der Waals surface area contributed by atoms with Crippen LogP contribution in [0.15, 0.2) is 36.7 Å². The van der Waals surface area contributed by atoms with E-state index in [9.17, 15) is 0 Å². The van der Waals surface area contributed by atoms with Gasteiger partial charge in [0.15, 0.2) is 0 Å². The fourth-order valence-electron chi connectivity index (χ4n) is 3.52. The van der Waals surface area contributed by atoms with E-state index < -0.39 is 0 Å². The second-order valence-corrected chi connectivity index (χ2v) is 9.29. The molecule has 0 saturated carbocycles. The molecular formula is C20H18ClNS2. The van der Waals surface area contributed by atoms with Crippen LogP contribution in [0.4, 0.5) is 0 Å². The Morgan fingerprint density at radius 1 is 0.917 bits per heavy atom. The van der Waals surface area contributed by atoms with Gasteiger partial charge in [0, 0.05) is 27.0 Å². The summed E-state index contributed by atoms with van der Waals surface area (Å²) in [7, 11) is 0. The van der Waals surface area contributed by atoms with E-state index in [0.29, 0.717) is 0 Å². The van der Waals surface area contributed by atoms with Gasteiger partial charge in [0.1, 0.15) is 0 Å². The zero-order chi connectivity index (χ0) is 16.7. The molecule has 0 saturated heterocycles. The van der Waals surface area contributed by atoms with Gasteiger partial charge in [-0.15, -0.1) is 22.7 Å². The van der Waals surface area contributed by atoms with E-state index >= 15 is 0 Å². The fourth-order valence-corrected chi connectivity index (χ4v) is 5.79. The normalized spacial score (nSPS) is 14.6. The lowest BCUT2D eigenvalue weighted by molar-refractivity contribution is 0.941. The SMILES string of the molecule is Cc1sc(Cl)cc1C1=C(c2cc(-c3ccncc3)sc2C)CCC1. The monoisotopic (exact) mass is 371 g/mol. The van der Waals surface area contributed by atoms with Gasteiger partial charge in [0.25, 0.3) is 0 Å². The number of hydrogen-bond donors (Lipinski definition) is 0. The number of hydrogen-bond acceptors (Lipinski definition) is 3. The Kier molecular flexibility index (Phi) is 4.33. The molecule has 0 fully saturated rings. The molecule has 0 aliphatic heterocycles. The second kappa shape index (κ2) is 6.47. The number of aromatic nitrogens is 1. The smallest absolute Gasteiger partial charge is 0.0937 e. The summed E-state index contributed by atoms with van der Waals surface area (Å²) >= 11 is 9.81. The van der Waals surface area contributed by atoms with Crippen LogP contribution >= 0.6 is 34.3 Å². The number of nitrogens with zero attached hydrogens (tertiary/aromatic N) is 1. The number of allylic oxidation sites excluding steroid dienone is 2. The van der Waals surface area contributed by atoms with Crippen LogP contribution in [0, 0.1) is 13.8 Å². The van der Waals surface area contributed by atoms with Crippen molar-refractivity contribution in [2.75, 3.05) is 0 Å². The Labute approximate surface area is 155 Å². The Balaban J connectivity index is 1.82. The van der Waals surface area contributed by atoms with Crippen molar-refractivity contribution < 1.29 is 0 Å². The van der Waals surface area contributed by atoms with Crippen molar-refractivity contribution in [3.05, 3.63) is 61.9 Å². The van der Waals surface area contributed by atoms with E-state index in [1.54, 1.807) is 11.3 Å². The van der Waals surface area contributed by atoms with Gasteiger partial charge in [-0.1, -0.05) is 11.6 Å². The maximum absolute atomic E-state index is 6.25. The van der Waals surface area contributed by atoms with Gasteiger partial charge >= 0.3 is 0 Å². The molecule has 24 heavy (non-hydrogen) atoms. The van der Waals surface area contributed by atoms with Crippen LogP contribution in [-0.2, 0) is 0 Å². The summed E-state index contributed by atoms with van der Waals surface area (Å²) in [4.78, 5) is 8.18. The van der Waals surface area contributed by atoms with Crippen molar-refractivity contribution in [1.29, 1.82) is 0 Å². The summed E-state index contributed by atoms with van der Waals surface area (Å²) in [5.41, 5.74) is 7.04. The van der Waals surface area contributed by atoms with Gasteiger partial charge in [0.2, 0.25) is 0 Å². The van der Waals surface area contributed by atoms with E-state index in [4.69, 9.17) is 11.6 Å². The first-order chi connectivity index (χ1) is 11.6. The van der Waals surface area contributed by atoms with Gasteiger partial charge in [-0.3, -0.25) is 4.98 Å². The van der Waals surface area contributed by atoms with Gasteiger partial charge in [-0.2, -0.15) is 0 Å². The Bertz CT molecular complexity index is 919. The van der Waals surface area contributed by atoms with Crippen LogP contribution in [0.5, 0.6) is 0 Å². The van der Waals surface area contributed by atoms with Gasteiger partial charge in [-0.05, 0) is 85.2 Å². The lowest BCUT2D eigenvalue weighted by Crippen LogP contribution is -1.86. The zero-order valence-corrected chi connectivity index (χ0v) is 16.1. The molecule has 1 aliphatic rings. The minimum absolute atomic E-state index is 0.890. The van der Waals surface area contributed by atoms with Gasteiger partial charge in [0.05, 0.1) is 4.34 Å². The van der Waals surface area contributed by atoms with Crippen LogP contribution in [-0.4, -0.2) is 4.98 Å². The summed E-state index contributed by atoms with van der Waals surface area (Å²) in [5, 5.41) is 0. The molecule has 0 atom stereocenters. The van der Waals surface area contributed by atoms with Crippen LogP contribution in [0.25, 0.3) is 21.6 Å². The first kappa shape index (κ1) is 16.1. The molecule has 4 heteroatoms. The van der Waals surface area contributed by atoms with E-state index in [0.717, 1.165) is 17.2 Å². The molecule has 122 valence electrons. The van der Waals surface area contributed by atoms with Crippen molar-refractivity contribution in [3.8, 4) is 10.4 Å². The highest BCUT2D eigenvalue weighted by atomic mass is 35.5. The molecule has 0 bridgehead atoms. The predicted octanol–water partition coefficient (Wildman–Crippen LogP) is 7.24. The highest BCUT2D eigenvalue weighted by Gasteiger charge is 2.22. The number of thiophene rings is 2. The molecule has 0 radical (unpaired) electrons. The molecular weight excluding hydrogens is 354 g/mol. The third-order valence-corrected chi connectivity index (χ3v) is 6.92. The first-order valence-electron chi connectivity index (χ1n) is 8.13. The fraction of sp³-hybridized carbons (Fsp3) is 0.250. The van der Waals surface area contributed by atoms with Crippen molar-refractivity contribution >= 4 is 45.4 Å². The lowest BCUT2D eigenvalue weighted by Gasteiger charge is -2.07. The van der Waals surface area contributed by atoms with E-state index in [2.05, 4.69) is 43.1 Å². The van der Waals surface area contributed by atoms with E-state index in [1.165, 1.54) is 48.9 Å².